The van der Waals surface area contributed by atoms with Crippen LogP contribution in [0.25, 0.3) is 11.0 Å². The molecule has 6 nitrogen and oxygen atoms in total. The molecule has 0 atom stereocenters. The van der Waals surface area contributed by atoms with Crippen LogP contribution in [-0.2, 0) is 14.1 Å². The van der Waals surface area contributed by atoms with Crippen molar-refractivity contribution in [1.82, 2.24) is 9.13 Å². The number of methoxy groups -OCH3 is 1. The summed E-state index contributed by atoms with van der Waals surface area (Å²) in [6.07, 6.45) is 0. The number of hydrogen-bond acceptors (Lipinski definition) is 3. The van der Waals surface area contributed by atoms with Crippen molar-refractivity contribution in [2.45, 2.75) is 0 Å². The molecule has 1 N–H and O–H groups in total. The molecule has 24 heavy (non-hydrogen) atoms. The number of rotatable bonds is 3. The van der Waals surface area contributed by atoms with Crippen molar-refractivity contribution >= 4 is 22.6 Å². The molecule has 0 saturated heterocycles. The third-order valence-electron chi connectivity index (χ3n) is 3.95. The van der Waals surface area contributed by atoms with Gasteiger partial charge in [-0.05, 0) is 30.3 Å². The van der Waals surface area contributed by atoms with Gasteiger partial charge in [0.25, 0.3) is 5.91 Å². The maximum absolute atomic E-state index is 13.0. The summed E-state index contributed by atoms with van der Waals surface area (Å²) in [4.78, 5) is 24.4. The molecule has 124 valence electrons. The number of fused-ring (bicyclic) bond motifs is 1. The zero-order valence-corrected chi connectivity index (χ0v) is 13.5. The smallest absolute Gasteiger partial charge is 0.328 e. The van der Waals surface area contributed by atoms with Gasteiger partial charge in [-0.1, -0.05) is 0 Å². The Labute approximate surface area is 137 Å². The molecule has 1 amide bonds. The minimum Gasteiger partial charge on any atom is -0.494 e. The highest BCUT2D eigenvalue weighted by atomic mass is 19.1. The Hall–Kier alpha value is -3.09. The minimum atomic E-state index is -0.412. The van der Waals surface area contributed by atoms with Crippen LogP contribution in [-0.4, -0.2) is 22.2 Å². The largest absolute Gasteiger partial charge is 0.494 e. The molecule has 3 aromatic rings. The van der Waals surface area contributed by atoms with Gasteiger partial charge in [-0.15, -0.1) is 0 Å². The van der Waals surface area contributed by atoms with Gasteiger partial charge in [-0.25, -0.2) is 9.18 Å². The number of carbonyl (C=O) groups excluding carboxylic acids is 1. The molecule has 7 heteroatoms. The Kier molecular flexibility index (Phi) is 3.84. The Bertz CT molecular complexity index is 987. The fourth-order valence-electron chi connectivity index (χ4n) is 2.59. The van der Waals surface area contributed by atoms with Gasteiger partial charge in [-0.3, -0.25) is 13.9 Å². The highest BCUT2D eigenvalue weighted by molar-refractivity contribution is 6.06. The van der Waals surface area contributed by atoms with Gasteiger partial charge in [0.15, 0.2) is 0 Å². The summed E-state index contributed by atoms with van der Waals surface area (Å²) in [6, 6.07) is 8.60. The van der Waals surface area contributed by atoms with Crippen LogP contribution in [0, 0.1) is 5.82 Å². The Morgan fingerprint density at radius 1 is 1.08 bits per heavy atom. The number of aromatic nitrogens is 2. The third-order valence-corrected chi connectivity index (χ3v) is 3.95. The van der Waals surface area contributed by atoms with Gasteiger partial charge in [0.1, 0.15) is 11.6 Å². The lowest BCUT2D eigenvalue weighted by atomic mass is 10.2. The van der Waals surface area contributed by atoms with E-state index in [-0.39, 0.29) is 5.69 Å². The maximum Gasteiger partial charge on any atom is 0.328 e. The quantitative estimate of drug-likeness (QED) is 0.802. The van der Waals surface area contributed by atoms with Crippen molar-refractivity contribution in [3.8, 4) is 5.75 Å². The normalized spacial score (nSPS) is 10.8. The van der Waals surface area contributed by atoms with Crippen molar-refractivity contribution in [2.75, 3.05) is 12.4 Å². The van der Waals surface area contributed by atoms with E-state index in [4.69, 9.17) is 4.74 Å². The second kappa shape index (κ2) is 5.84. The van der Waals surface area contributed by atoms with Gasteiger partial charge in [0, 0.05) is 25.7 Å². The van der Waals surface area contributed by atoms with E-state index in [0.717, 1.165) is 0 Å². The van der Waals surface area contributed by atoms with Gasteiger partial charge >= 0.3 is 5.69 Å². The van der Waals surface area contributed by atoms with E-state index in [1.807, 2.05) is 0 Å². The SMILES string of the molecule is COc1cc2c(cc1NC(=O)c1ccc(F)cc1)n(C)c(=O)n2C. The van der Waals surface area contributed by atoms with Gasteiger partial charge < -0.3 is 10.1 Å². The van der Waals surface area contributed by atoms with Crippen LogP contribution >= 0.6 is 0 Å². The molecule has 0 radical (unpaired) electrons. The fraction of sp³-hybridized carbons (Fsp3) is 0.176. The Morgan fingerprint density at radius 2 is 1.67 bits per heavy atom. The molecule has 0 aliphatic rings. The number of carbonyl (C=O) groups is 1. The molecule has 0 aliphatic heterocycles. The number of ether oxygens (including phenoxy) is 1. The fourth-order valence-corrected chi connectivity index (χ4v) is 2.59. The van der Waals surface area contributed by atoms with Crippen LogP contribution in [0.3, 0.4) is 0 Å². The summed E-state index contributed by atoms with van der Waals surface area (Å²) in [5, 5.41) is 2.73. The van der Waals surface area contributed by atoms with Gasteiger partial charge in [-0.2, -0.15) is 0 Å². The third kappa shape index (κ3) is 2.54. The summed E-state index contributed by atoms with van der Waals surface area (Å²) in [6.45, 7) is 0. The zero-order valence-electron chi connectivity index (χ0n) is 13.5. The number of amides is 1. The van der Waals surface area contributed by atoms with Gasteiger partial charge in [0.2, 0.25) is 0 Å². The lowest BCUT2D eigenvalue weighted by molar-refractivity contribution is 0.102. The van der Waals surface area contributed by atoms with Crippen molar-refractivity contribution < 1.29 is 13.9 Å². The molecular formula is C17H16FN3O3. The Balaban J connectivity index is 2.05. The molecule has 3 rings (SSSR count). The van der Waals surface area contributed by atoms with Gasteiger partial charge in [0.05, 0.1) is 23.8 Å². The lowest BCUT2D eigenvalue weighted by Gasteiger charge is -2.11. The Morgan fingerprint density at radius 3 is 2.25 bits per heavy atom. The molecule has 0 fully saturated rings. The number of nitrogens with zero attached hydrogens (tertiary/aromatic N) is 2. The number of anilines is 1. The molecular weight excluding hydrogens is 313 g/mol. The molecule has 0 bridgehead atoms. The molecule has 0 saturated carbocycles. The number of nitrogens with one attached hydrogen (secondary N) is 1. The highest BCUT2D eigenvalue weighted by Gasteiger charge is 2.15. The molecule has 2 aromatic carbocycles. The first-order chi connectivity index (χ1) is 11.4. The number of aryl methyl sites for hydroxylation is 2. The molecule has 0 spiro atoms. The number of imidazole rings is 1. The average molecular weight is 329 g/mol. The maximum atomic E-state index is 13.0. The summed E-state index contributed by atoms with van der Waals surface area (Å²) in [7, 11) is 4.80. The molecule has 1 heterocycles. The summed E-state index contributed by atoms with van der Waals surface area (Å²) >= 11 is 0. The standard InChI is InChI=1S/C17H16FN3O3/c1-20-13-8-12(15(24-3)9-14(13)21(2)17(20)23)19-16(22)10-4-6-11(18)7-5-10/h4-9H,1-3H3,(H,19,22). The van der Waals surface area contributed by atoms with Crippen molar-refractivity contribution in [1.29, 1.82) is 0 Å². The highest BCUT2D eigenvalue weighted by Crippen LogP contribution is 2.30. The van der Waals surface area contributed by atoms with Crippen molar-refractivity contribution in [3.05, 3.63) is 58.3 Å². The van der Waals surface area contributed by atoms with Crippen LogP contribution in [0.4, 0.5) is 10.1 Å². The van der Waals surface area contributed by atoms with E-state index in [1.54, 1.807) is 26.2 Å². The van der Waals surface area contributed by atoms with Crippen LogP contribution in [0.15, 0.2) is 41.2 Å². The number of hydrogen-bond donors (Lipinski definition) is 1. The average Bonchev–Trinajstić information content (AvgIpc) is 2.79. The second-order valence-electron chi connectivity index (χ2n) is 5.40. The topological polar surface area (TPSA) is 65.3 Å². The van der Waals surface area contributed by atoms with Crippen LogP contribution < -0.4 is 15.7 Å². The number of benzene rings is 2. The van der Waals surface area contributed by atoms with Crippen molar-refractivity contribution in [2.24, 2.45) is 14.1 Å². The number of halogens is 1. The zero-order chi connectivity index (χ0) is 17.4. The van der Waals surface area contributed by atoms with E-state index < -0.39 is 11.7 Å². The summed E-state index contributed by atoms with van der Waals surface area (Å²) in [5.74, 6) is -0.377. The van der Waals surface area contributed by atoms with E-state index in [2.05, 4.69) is 5.32 Å². The van der Waals surface area contributed by atoms with Crippen LogP contribution in [0.1, 0.15) is 10.4 Å². The van der Waals surface area contributed by atoms with Crippen LogP contribution in [0.2, 0.25) is 0 Å². The van der Waals surface area contributed by atoms with Crippen molar-refractivity contribution in [3.63, 3.8) is 0 Å². The molecule has 1 aromatic heterocycles. The predicted molar refractivity (Wildman–Crippen MR) is 89.1 cm³/mol. The molecule has 0 unspecified atom stereocenters. The first kappa shape index (κ1) is 15.8. The summed E-state index contributed by atoms with van der Waals surface area (Å²) in [5.41, 5.74) is 1.94. The van der Waals surface area contributed by atoms with E-state index >= 15 is 0 Å². The van der Waals surface area contributed by atoms with E-state index in [1.165, 1.54) is 40.5 Å². The van der Waals surface area contributed by atoms with E-state index in [9.17, 15) is 14.0 Å². The van der Waals surface area contributed by atoms with E-state index in [0.29, 0.717) is 28.0 Å². The first-order valence-electron chi connectivity index (χ1n) is 7.22. The lowest BCUT2D eigenvalue weighted by Crippen LogP contribution is -2.19. The monoisotopic (exact) mass is 329 g/mol. The summed E-state index contributed by atoms with van der Waals surface area (Å²) < 4.78 is 21.3. The predicted octanol–water partition coefficient (Wildman–Crippen LogP) is 2.28. The van der Waals surface area contributed by atoms with Crippen LogP contribution in [0.5, 0.6) is 5.75 Å². The minimum absolute atomic E-state index is 0.172. The first-order valence-corrected chi connectivity index (χ1v) is 7.22. The second-order valence-corrected chi connectivity index (χ2v) is 5.40. The molecule has 0 aliphatic carbocycles.